The lowest BCUT2D eigenvalue weighted by molar-refractivity contribution is -0.121. The first-order valence-corrected chi connectivity index (χ1v) is 8.56. The third-order valence-corrected chi connectivity index (χ3v) is 4.47. The van der Waals surface area contributed by atoms with Crippen molar-refractivity contribution in [2.24, 2.45) is 0 Å². The lowest BCUT2D eigenvalue weighted by atomic mass is 10.1. The lowest BCUT2D eigenvalue weighted by Gasteiger charge is -2.28. The van der Waals surface area contributed by atoms with Crippen LogP contribution in [0.1, 0.15) is 30.5 Å². The molecule has 0 unspecified atom stereocenters. The summed E-state index contributed by atoms with van der Waals surface area (Å²) in [6, 6.07) is 13.6. The molecule has 0 atom stereocenters. The van der Waals surface area contributed by atoms with Crippen molar-refractivity contribution in [2.45, 2.75) is 34.6 Å². The summed E-state index contributed by atoms with van der Waals surface area (Å²) < 4.78 is 0. The van der Waals surface area contributed by atoms with E-state index in [2.05, 4.69) is 0 Å². The van der Waals surface area contributed by atoms with Gasteiger partial charge in [0.05, 0.1) is 0 Å². The van der Waals surface area contributed by atoms with E-state index >= 15 is 0 Å². The second-order valence-electron chi connectivity index (χ2n) is 6.30. The molecule has 0 spiro atoms. The molecular weight excluding hydrogens is 312 g/mol. The molecule has 0 radical (unpaired) electrons. The van der Waals surface area contributed by atoms with Crippen molar-refractivity contribution in [3.63, 3.8) is 0 Å². The van der Waals surface area contributed by atoms with Gasteiger partial charge < -0.3 is 9.80 Å². The van der Waals surface area contributed by atoms with Crippen LogP contribution >= 0.6 is 0 Å². The van der Waals surface area contributed by atoms with Crippen molar-refractivity contribution in [1.29, 1.82) is 0 Å². The fourth-order valence-corrected chi connectivity index (χ4v) is 2.91. The van der Waals surface area contributed by atoms with Gasteiger partial charge in [0.25, 0.3) is 0 Å². The molecule has 0 fully saturated rings. The smallest absolute Gasteiger partial charge is 0.247 e. The fourth-order valence-electron chi connectivity index (χ4n) is 2.91. The zero-order chi connectivity index (χ0) is 18.6. The van der Waals surface area contributed by atoms with Crippen LogP contribution in [-0.2, 0) is 9.59 Å². The molecule has 0 aliphatic rings. The van der Waals surface area contributed by atoms with Gasteiger partial charge in [0.2, 0.25) is 11.8 Å². The summed E-state index contributed by atoms with van der Waals surface area (Å²) in [5, 5.41) is 0. The number of benzene rings is 2. The first-order chi connectivity index (χ1) is 11.8. The summed E-state index contributed by atoms with van der Waals surface area (Å²) in [7, 11) is 0. The van der Waals surface area contributed by atoms with Gasteiger partial charge in [-0.1, -0.05) is 24.3 Å². The standard InChI is InChI=1S/C21H26N2O2/c1-6-22(19-11-7-9-15(2)13-19)21(25)14-23(18(5)24)20-12-8-10-16(3)17(20)4/h7-13H,6,14H2,1-5H3. The van der Waals surface area contributed by atoms with E-state index in [4.69, 9.17) is 0 Å². The van der Waals surface area contributed by atoms with Crippen molar-refractivity contribution in [3.05, 3.63) is 59.2 Å². The van der Waals surface area contributed by atoms with Crippen molar-refractivity contribution < 1.29 is 9.59 Å². The molecule has 25 heavy (non-hydrogen) atoms. The number of carbonyl (C=O) groups is 2. The highest BCUT2D eigenvalue weighted by Crippen LogP contribution is 2.24. The number of rotatable bonds is 5. The molecule has 4 heteroatoms. The molecule has 0 bridgehead atoms. The summed E-state index contributed by atoms with van der Waals surface area (Å²) in [6.07, 6.45) is 0. The number of hydrogen-bond acceptors (Lipinski definition) is 2. The Labute approximate surface area is 150 Å². The largest absolute Gasteiger partial charge is 0.311 e. The van der Waals surface area contributed by atoms with E-state index in [1.165, 1.54) is 6.92 Å². The second-order valence-corrected chi connectivity index (χ2v) is 6.30. The minimum Gasteiger partial charge on any atom is -0.311 e. The Morgan fingerprint density at radius 3 is 2.24 bits per heavy atom. The number of carbonyl (C=O) groups excluding carboxylic acids is 2. The number of amides is 2. The summed E-state index contributed by atoms with van der Waals surface area (Å²) in [5.41, 5.74) is 4.87. The third kappa shape index (κ3) is 4.27. The Kier molecular flexibility index (Phi) is 5.97. The van der Waals surface area contributed by atoms with Crippen LogP contribution in [0, 0.1) is 20.8 Å². The Morgan fingerprint density at radius 1 is 0.960 bits per heavy atom. The number of aryl methyl sites for hydroxylation is 2. The molecule has 0 saturated heterocycles. The average Bonchev–Trinajstić information content (AvgIpc) is 2.56. The predicted molar refractivity (Wildman–Crippen MR) is 103 cm³/mol. The van der Waals surface area contributed by atoms with Gasteiger partial charge in [-0.3, -0.25) is 9.59 Å². The maximum Gasteiger partial charge on any atom is 0.247 e. The SMILES string of the molecule is CCN(C(=O)CN(C(C)=O)c1cccc(C)c1C)c1cccc(C)c1. The summed E-state index contributed by atoms with van der Waals surface area (Å²) in [6.45, 7) is 10.0. The van der Waals surface area contributed by atoms with Gasteiger partial charge in [0.15, 0.2) is 0 Å². The zero-order valence-electron chi connectivity index (χ0n) is 15.7. The molecule has 0 heterocycles. The van der Waals surface area contributed by atoms with Gasteiger partial charge in [-0.15, -0.1) is 0 Å². The summed E-state index contributed by atoms with van der Waals surface area (Å²) in [4.78, 5) is 28.4. The van der Waals surface area contributed by atoms with Crippen molar-refractivity contribution >= 4 is 23.2 Å². The van der Waals surface area contributed by atoms with E-state index in [9.17, 15) is 9.59 Å². The molecular formula is C21H26N2O2. The van der Waals surface area contributed by atoms with Gasteiger partial charge in [-0.2, -0.15) is 0 Å². The highest BCUT2D eigenvalue weighted by atomic mass is 16.2. The summed E-state index contributed by atoms with van der Waals surface area (Å²) >= 11 is 0. The Morgan fingerprint density at radius 2 is 1.64 bits per heavy atom. The van der Waals surface area contributed by atoms with E-state index in [0.717, 1.165) is 28.1 Å². The number of anilines is 2. The second kappa shape index (κ2) is 7.97. The van der Waals surface area contributed by atoms with E-state index in [0.29, 0.717) is 6.54 Å². The minimum atomic E-state index is -0.137. The van der Waals surface area contributed by atoms with Gasteiger partial charge >= 0.3 is 0 Å². The highest BCUT2D eigenvalue weighted by molar-refractivity contribution is 6.03. The lowest BCUT2D eigenvalue weighted by Crippen LogP contribution is -2.42. The van der Waals surface area contributed by atoms with Crippen LogP contribution in [0.5, 0.6) is 0 Å². The molecule has 2 aromatic rings. The van der Waals surface area contributed by atoms with Gasteiger partial charge in [0.1, 0.15) is 6.54 Å². The quantitative estimate of drug-likeness (QED) is 0.826. The summed E-state index contributed by atoms with van der Waals surface area (Å²) in [5.74, 6) is -0.230. The monoisotopic (exact) mass is 338 g/mol. The van der Waals surface area contributed by atoms with Crippen LogP contribution in [0.15, 0.2) is 42.5 Å². The normalized spacial score (nSPS) is 10.4. The third-order valence-electron chi connectivity index (χ3n) is 4.47. The number of likely N-dealkylation sites (N-methyl/N-ethyl adjacent to an activating group) is 1. The van der Waals surface area contributed by atoms with Crippen molar-refractivity contribution in [1.82, 2.24) is 0 Å². The van der Waals surface area contributed by atoms with Crippen molar-refractivity contribution in [2.75, 3.05) is 22.9 Å². The fraction of sp³-hybridized carbons (Fsp3) is 0.333. The maximum atomic E-state index is 12.9. The molecule has 132 valence electrons. The zero-order valence-corrected chi connectivity index (χ0v) is 15.7. The number of nitrogens with zero attached hydrogens (tertiary/aromatic N) is 2. The topological polar surface area (TPSA) is 40.6 Å². The van der Waals surface area contributed by atoms with E-state index in [1.807, 2.05) is 70.2 Å². The van der Waals surface area contributed by atoms with Crippen LogP contribution in [0.4, 0.5) is 11.4 Å². The first-order valence-electron chi connectivity index (χ1n) is 8.56. The van der Waals surface area contributed by atoms with E-state index < -0.39 is 0 Å². The molecule has 2 rings (SSSR count). The number of hydrogen-bond donors (Lipinski definition) is 0. The molecule has 4 nitrogen and oxygen atoms in total. The maximum absolute atomic E-state index is 12.9. The first kappa shape index (κ1) is 18.7. The molecule has 0 saturated carbocycles. The van der Waals surface area contributed by atoms with Gasteiger partial charge in [0, 0.05) is 24.8 Å². The van der Waals surface area contributed by atoms with Crippen LogP contribution in [-0.4, -0.2) is 24.9 Å². The van der Waals surface area contributed by atoms with E-state index in [-0.39, 0.29) is 18.4 Å². The molecule has 0 aliphatic heterocycles. The Balaban J connectivity index is 2.31. The molecule has 0 aliphatic carbocycles. The molecule has 0 N–H and O–H groups in total. The van der Waals surface area contributed by atoms with Gasteiger partial charge in [-0.05, 0) is 62.6 Å². The molecule has 2 aromatic carbocycles. The van der Waals surface area contributed by atoms with Crippen LogP contribution in [0.3, 0.4) is 0 Å². The van der Waals surface area contributed by atoms with Crippen molar-refractivity contribution in [3.8, 4) is 0 Å². The molecule has 0 aromatic heterocycles. The van der Waals surface area contributed by atoms with Crippen LogP contribution in [0.2, 0.25) is 0 Å². The highest BCUT2D eigenvalue weighted by Gasteiger charge is 2.22. The predicted octanol–water partition coefficient (Wildman–Crippen LogP) is 4.02. The van der Waals surface area contributed by atoms with Crippen LogP contribution < -0.4 is 9.80 Å². The average molecular weight is 338 g/mol. The van der Waals surface area contributed by atoms with E-state index in [1.54, 1.807) is 9.80 Å². The molecule has 2 amide bonds. The van der Waals surface area contributed by atoms with Gasteiger partial charge in [-0.25, -0.2) is 0 Å². The minimum absolute atomic E-state index is 0.0292. The van der Waals surface area contributed by atoms with Crippen LogP contribution in [0.25, 0.3) is 0 Å². The Hall–Kier alpha value is -2.62. The Bertz CT molecular complexity index is 783.